The van der Waals surface area contributed by atoms with Crippen molar-refractivity contribution >= 4 is 27.5 Å². The summed E-state index contributed by atoms with van der Waals surface area (Å²) in [6.07, 6.45) is 2.70. The van der Waals surface area contributed by atoms with Gasteiger partial charge in [-0.1, -0.05) is 37.3 Å². The number of carbonyl (C=O) groups is 1. The maximum absolute atomic E-state index is 13.0. The zero-order chi connectivity index (χ0) is 18.7. The molecule has 6 heteroatoms. The maximum Gasteiger partial charge on any atom is 0.262 e. The van der Waals surface area contributed by atoms with Crippen molar-refractivity contribution < 1.29 is 4.79 Å². The molecule has 0 aliphatic heterocycles. The van der Waals surface area contributed by atoms with E-state index >= 15 is 0 Å². The van der Waals surface area contributed by atoms with Gasteiger partial charge < -0.3 is 5.32 Å². The number of carbonyl (C=O) groups excluding carboxylic acids is 1. The Kier molecular flexibility index (Phi) is 5.52. The number of thiophene rings is 1. The van der Waals surface area contributed by atoms with E-state index < -0.39 is 0 Å². The largest absolute Gasteiger partial charge is 0.354 e. The summed E-state index contributed by atoms with van der Waals surface area (Å²) in [6, 6.07) is 10.0. The van der Waals surface area contributed by atoms with Gasteiger partial charge in [0.2, 0.25) is 5.91 Å². The van der Waals surface area contributed by atoms with Crippen molar-refractivity contribution in [3.63, 3.8) is 0 Å². The highest BCUT2D eigenvalue weighted by Gasteiger charge is 2.17. The highest BCUT2D eigenvalue weighted by Crippen LogP contribution is 2.35. The monoisotopic (exact) mass is 369 g/mol. The number of benzene rings is 1. The van der Waals surface area contributed by atoms with Crippen LogP contribution in [-0.4, -0.2) is 21.5 Å². The molecule has 0 saturated heterocycles. The highest BCUT2D eigenvalue weighted by atomic mass is 32.1. The van der Waals surface area contributed by atoms with E-state index in [0.717, 1.165) is 27.3 Å². The summed E-state index contributed by atoms with van der Waals surface area (Å²) in [5.74, 6) is -0.0453. The molecule has 0 radical (unpaired) electrons. The van der Waals surface area contributed by atoms with Crippen molar-refractivity contribution in [2.75, 3.05) is 0 Å². The Bertz CT molecular complexity index is 976. The summed E-state index contributed by atoms with van der Waals surface area (Å²) in [6.45, 7) is 6.33. The van der Waals surface area contributed by atoms with Crippen LogP contribution in [0.2, 0.25) is 0 Å². The van der Waals surface area contributed by atoms with Gasteiger partial charge in [0.25, 0.3) is 5.56 Å². The second kappa shape index (κ2) is 7.83. The summed E-state index contributed by atoms with van der Waals surface area (Å²) >= 11 is 1.53. The van der Waals surface area contributed by atoms with Crippen LogP contribution in [0.4, 0.5) is 0 Å². The van der Waals surface area contributed by atoms with Crippen LogP contribution >= 0.6 is 11.3 Å². The molecule has 5 nitrogen and oxygen atoms in total. The molecule has 0 aliphatic rings. The first-order valence-corrected chi connectivity index (χ1v) is 9.66. The van der Waals surface area contributed by atoms with E-state index in [1.807, 2.05) is 51.1 Å². The number of hydrogen-bond donors (Lipinski definition) is 1. The zero-order valence-electron chi connectivity index (χ0n) is 15.3. The predicted molar refractivity (Wildman–Crippen MR) is 107 cm³/mol. The van der Waals surface area contributed by atoms with Crippen LogP contribution in [0.25, 0.3) is 21.3 Å². The third-order valence-corrected chi connectivity index (χ3v) is 5.53. The lowest BCUT2D eigenvalue weighted by Gasteiger charge is -2.11. The molecule has 26 heavy (non-hydrogen) atoms. The van der Waals surface area contributed by atoms with Gasteiger partial charge in [0.1, 0.15) is 4.83 Å². The van der Waals surface area contributed by atoms with Gasteiger partial charge in [-0.25, -0.2) is 4.98 Å². The molecule has 136 valence electrons. The molecule has 1 aromatic carbocycles. The third kappa shape index (κ3) is 3.70. The van der Waals surface area contributed by atoms with Gasteiger partial charge in [-0.3, -0.25) is 14.2 Å². The fraction of sp³-hybridized carbons (Fsp3) is 0.350. The SMILES string of the molecule is CCC(C)NC(=O)CCn1cnc2sc(C)c(-c3ccccc3)c2c1=O. The first-order chi connectivity index (χ1) is 12.5. The second-order valence-electron chi connectivity index (χ2n) is 6.45. The first-order valence-electron chi connectivity index (χ1n) is 8.84. The number of fused-ring (bicyclic) bond motifs is 1. The van der Waals surface area contributed by atoms with Gasteiger partial charge in [0, 0.05) is 29.4 Å². The fourth-order valence-corrected chi connectivity index (χ4v) is 3.92. The summed E-state index contributed by atoms with van der Waals surface area (Å²) in [7, 11) is 0. The minimum absolute atomic E-state index is 0.0453. The Balaban J connectivity index is 1.93. The molecule has 0 aliphatic carbocycles. The molecule has 1 N–H and O–H groups in total. The van der Waals surface area contributed by atoms with Crippen LogP contribution in [0.3, 0.4) is 0 Å². The van der Waals surface area contributed by atoms with E-state index in [4.69, 9.17) is 0 Å². The van der Waals surface area contributed by atoms with Crippen LogP contribution in [0.5, 0.6) is 0 Å². The Morgan fingerprint density at radius 2 is 2.04 bits per heavy atom. The van der Waals surface area contributed by atoms with E-state index in [0.29, 0.717) is 11.9 Å². The highest BCUT2D eigenvalue weighted by molar-refractivity contribution is 7.19. The Morgan fingerprint density at radius 3 is 2.73 bits per heavy atom. The molecule has 0 fully saturated rings. The predicted octanol–water partition coefficient (Wildman–Crippen LogP) is 3.74. The van der Waals surface area contributed by atoms with Crippen LogP contribution < -0.4 is 10.9 Å². The lowest BCUT2D eigenvalue weighted by molar-refractivity contribution is -0.121. The van der Waals surface area contributed by atoms with Crippen LogP contribution in [0.1, 0.15) is 31.6 Å². The number of aromatic nitrogens is 2. The first kappa shape index (κ1) is 18.3. The molecule has 0 saturated carbocycles. The number of nitrogens with one attached hydrogen (secondary N) is 1. The van der Waals surface area contributed by atoms with Crippen LogP contribution in [0.15, 0.2) is 41.5 Å². The quantitative estimate of drug-likeness (QED) is 0.720. The summed E-state index contributed by atoms with van der Waals surface area (Å²) in [5, 5.41) is 3.57. The van der Waals surface area contributed by atoms with Crippen molar-refractivity contribution in [1.82, 2.24) is 14.9 Å². The minimum atomic E-state index is -0.0884. The van der Waals surface area contributed by atoms with E-state index in [1.165, 1.54) is 15.9 Å². The van der Waals surface area contributed by atoms with Crippen molar-refractivity contribution in [1.29, 1.82) is 0 Å². The number of hydrogen-bond acceptors (Lipinski definition) is 4. The molecule has 3 rings (SSSR count). The van der Waals surface area contributed by atoms with Gasteiger partial charge in [-0.2, -0.15) is 0 Å². The van der Waals surface area contributed by atoms with Gasteiger partial charge in [-0.15, -0.1) is 11.3 Å². The summed E-state index contributed by atoms with van der Waals surface area (Å²) in [5.41, 5.74) is 1.87. The average Bonchev–Trinajstić information content (AvgIpc) is 2.98. The molecular formula is C20H23N3O2S. The normalized spacial score (nSPS) is 12.3. The van der Waals surface area contributed by atoms with Gasteiger partial charge in [-0.05, 0) is 25.8 Å². The van der Waals surface area contributed by atoms with E-state index in [-0.39, 0.29) is 23.9 Å². The minimum Gasteiger partial charge on any atom is -0.354 e. The number of amides is 1. The molecule has 3 aromatic rings. The summed E-state index contributed by atoms with van der Waals surface area (Å²) < 4.78 is 1.54. The molecule has 2 aromatic heterocycles. The Labute approximate surface area is 156 Å². The smallest absolute Gasteiger partial charge is 0.262 e. The lowest BCUT2D eigenvalue weighted by atomic mass is 10.0. The molecule has 0 spiro atoms. The topological polar surface area (TPSA) is 64.0 Å². The third-order valence-electron chi connectivity index (χ3n) is 4.52. The van der Waals surface area contributed by atoms with Crippen LogP contribution in [-0.2, 0) is 11.3 Å². The van der Waals surface area contributed by atoms with Gasteiger partial charge >= 0.3 is 0 Å². The molecule has 1 amide bonds. The number of nitrogens with zero attached hydrogens (tertiary/aromatic N) is 2. The van der Waals surface area contributed by atoms with E-state index in [2.05, 4.69) is 10.3 Å². The molecule has 0 bridgehead atoms. The van der Waals surface area contributed by atoms with Crippen molar-refractivity contribution in [2.45, 2.75) is 46.2 Å². The molecule has 1 unspecified atom stereocenters. The fourth-order valence-electron chi connectivity index (χ4n) is 2.92. The zero-order valence-corrected chi connectivity index (χ0v) is 16.1. The maximum atomic E-state index is 13.0. The molecule has 2 heterocycles. The lowest BCUT2D eigenvalue weighted by Crippen LogP contribution is -2.33. The average molecular weight is 369 g/mol. The Morgan fingerprint density at radius 1 is 1.31 bits per heavy atom. The molecular weight excluding hydrogens is 346 g/mol. The second-order valence-corrected chi connectivity index (χ2v) is 7.65. The standard InChI is InChI=1S/C20H23N3O2S/c1-4-13(2)22-16(24)10-11-23-12-21-19-18(20(23)25)17(14(3)26-19)15-8-6-5-7-9-15/h5-9,12-13H,4,10-11H2,1-3H3,(H,22,24). The van der Waals surface area contributed by atoms with Crippen molar-refractivity contribution in [2.24, 2.45) is 0 Å². The van der Waals surface area contributed by atoms with E-state index in [1.54, 1.807) is 6.33 Å². The van der Waals surface area contributed by atoms with Gasteiger partial charge in [0.05, 0.1) is 11.7 Å². The molecule has 1 atom stereocenters. The van der Waals surface area contributed by atoms with Crippen LogP contribution in [0, 0.1) is 6.92 Å². The number of rotatable bonds is 6. The Hall–Kier alpha value is -2.47. The number of aryl methyl sites for hydroxylation is 2. The van der Waals surface area contributed by atoms with Gasteiger partial charge in [0.15, 0.2) is 0 Å². The van der Waals surface area contributed by atoms with Crippen molar-refractivity contribution in [3.05, 3.63) is 51.9 Å². The van der Waals surface area contributed by atoms with Crippen molar-refractivity contribution in [3.8, 4) is 11.1 Å². The van der Waals surface area contributed by atoms with E-state index in [9.17, 15) is 9.59 Å². The summed E-state index contributed by atoms with van der Waals surface area (Å²) in [4.78, 5) is 31.3.